The van der Waals surface area contributed by atoms with Crippen molar-refractivity contribution in [3.63, 3.8) is 0 Å². The number of rotatable bonds is 8. The van der Waals surface area contributed by atoms with Crippen LogP contribution in [0, 0.1) is 17.2 Å². The van der Waals surface area contributed by atoms with Crippen molar-refractivity contribution < 1.29 is 28.8 Å². The number of furan rings is 1. The second-order valence-corrected chi connectivity index (χ2v) is 8.45. The second kappa shape index (κ2) is 11.0. The zero-order valence-electron chi connectivity index (χ0n) is 18.7. The minimum Gasteiger partial charge on any atom is -0.464 e. The van der Waals surface area contributed by atoms with Gasteiger partial charge in [-0.05, 0) is 36.8 Å². The summed E-state index contributed by atoms with van der Waals surface area (Å²) in [5.41, 5.74) is 1.46. The number of amides is 2. The molecule has 1 aromatic heterocycles. The van der Waals surface area contributed by atoms with Gasteiger partial charge in [0.25, 0.3) is 5.91 Å². The molecule has 3 N–H and O–H groups in total. The number of likely N-dealkylation sites (tertiary alicyclic amines) is 1. The maximum Gasteiger partial charge on any atom is 0.475 e. The van der Waals surface area contributed by atoms with Gasteiger partial charge in [0.2, 0.25) is 0 Å². The maximum atomic E-state index is 12.7. The molecule has 3 rings (SSSR count). The normalized spacial score (nSPS) is 17.2. The highest BCUT2D eigenvalue weighted by molar-refractivity contribution is 6.43. The Morgan fingerprint density at radius 2 is 2.15 bits per heavy atom. The van der Waals surface area contributed by atoms with E-state index in [1.807, 2.05) is 38.1 Å². The predicted molar refractivity (Wildman–Crippen MR) is 122 cm³/mol. The van der Waals surface area contributed by atoms with E-state index in [9.17, 15) is 24.9 Å². The molecular weight excluding hydrogens is 425 g/mol. The van der Waals surface area contributed by atoms with Crippen LogP contribution in [0.15, 0.2) is 46.6 Å². The van der Waals surface area contributed by atoms with E-state index in [1.165, 1.54) is 6.26 Å². The monoisotopic (exact) mass is 453 g/mol. The van der Waals surface area contributed by atoms with Crippen molar-refractivity contribution in [1.29, 1.82) is 5.26 Å². The number of hydrogen-bond acceptors (Lipinski definition) is 7. The molecule has 1 aromatic carbocycles. The van der Waals surface area contributed by atoms with Crippen molar-refractivity contribution in [2.45, 2.75) is 45.1 Å². The van der Waals surface area contributed by atoms with E-state index in [0.717, 1.165) is 17.4 Å². The van der Waals surface area contributed by atoms with Crippen LogP contribution in [0.3, 0.4) is 0 Å². The molecule has 2 amide bonds. The van der Waals surface area contributed by atoms with E-state index in [4.69, 9.17) is 9.15 Å². The van der Waals surface area contributed by atoms with Gasteiger partial charge in [-0.2, -0.15) is 5.26 Å². The van der Waals surface area contributed by atoms with Gasteiger partial charge in [0.15, 0.2) is 0 Å². The fourth-order valence-electron chi connectivity index (χ4n) is 3.94. The molecule has 1 aliphatic rings. The van der Waals surface area contributed by atoms with E-state index in [2.05, 4.69) is 5.32 Å². The van der Waals surface area contributed by atoms with Gasteiger partial charge in [0, 0.05) is 11.9 Å². The van der Waals surface area contributed by atoms with Crippen molar-refractivity contribution in [2.24, 2.45) is 5.92 Å². The first-order valence-electron chi connectivity index (χ1n) is 11.0. The first kappa shape index (κ1) is 24.4. The number of carbonyl (C=O) groups is 2. The summed E-state index contributed by atoms with van der Waals surface area (Å²) in [6, 6.07) is 8.93. The molecule has 174 valence electrons. The first-order chi connectivity index (χ1) is 15.8. The van der Waals surface area contributed by atoms with E-state index >= 15 is 0 Å². The highest BCUT2D eigenvalue weighted by Gasteiger charge is 2.32. The van der Waals surface area contributed by atoms with Crippen molar-refractivity contribution in [1.82, 2.24) is 10.2 Å². The van der Waals surface area contributed by atoms with Gasteiger partial charge >= 0.3 is 13.2 Å². The molecule has 1 fully saturated rings. The zero-order valence-corrected chi connectivity index (χ0v) is 18.7. The molecule has 1 aliphatic heterocycles. The Labute approximate surface area is 192 Å². The quantitative estimate of drug-likeness (QED) is 0.317. The average molecular weight is 453 g/mol. The fraction of sp³-hybridized carbons (Fsp3) is 0.435. The van der Waals surface area contributed by atoms with Crippen LogP contribution in [0.1, 0.15) is 32.3 Å². The highest BCUT2D eigenvalue weighted by Crippen LogP contribution is 2.23. The van der Waals surface area contributed by atoms with Gasteiger partial charge in [-0.1, -0.05) is 38.1 Å². The van der Waals surface area contributed by atoms with E-state index in [0.29, 0.717) is 18.5 Å². The summed E-state index contributed by atoms with van der Waals surface area (Å²) in [5.74, 6) is -1.33. The first-order valence-corrected chi connectivity index (χ1v) is 11.0. The molecule has 0 unspecified atom stereocenters. The summed E-state index contributed by atoms with van der Waals surface area (Å²) in [6.07, 6.45) is 3.84. The predicted octanol–water partition coefficient (Wildman–Crippen LogP) is 2.18. The number of allylic oxidation sites excluding steroid dienone is 1. The molecule has 0 radical (unpaired) electrons. The number of carbonyl (C=O) groups excluding carboxylic acids is 2. The Kier molecular flexibility index (Phi) is 8.14. The fourth-order valence-corrected chi connectivity index (χ4v) is 3.94. The van der Waals surface area contributed by atoms with Crippen molar-refractivity contribution in [2.75, 3.05) is 13.2 Å². The smallest absolute Gasteiger partial charge is 0.464 e. The molecule has 10 heteroatoms. The topological polar surface area (TPSA) is 136 Å². The van der Waals surface area contributed by atoms with E-state index in [1.54, 1.807) is 17.0 Å². The van der Waals surface area contributed by atoms with Gasteiger partial charge in [-0.3, -0.25) is 4.79 Å². The van der Waals surface area contributed by atoms with Crippen LogP contribution in [0.25, 0.3) is 11.0 Å². The molecule has 2 heterocycles. The van der Waals surface area contributed by atoms with Crippen LogP contribution in [0.2, 0.25) is 0 Å². The molecule has 2 aromatic rings. The van der Waals surface area contributed by atoms with Gasteiger partial charge in [0.1, 0.15) is 23.8 Å². The molecule has 0 saturated carbocycles. The zero-order chi connectivity index (χ0) is 24.0. The lowest BCUT2D eigenvalue weighted by Gasteiger charge is -2.25. The Bertz CT molecular complexity index is 1060. The average Bonchev–Trinajstić information content (AvgIpc) is 3.42. The Morgan fingerprint density at radius 1 is 1.39 bits per heavy atom. The number of nitrogens with one attached hydrogen (secondary N) is 1. The number of benzene rings is 1. The molecule has 0 aliphatic carbocycles. The minimum absolute atomic E-state index is 0.0547. The van der Waals surface area contributed by atoms with Crippen LogP contribution in [0.5, 0.6) is 0 Å². The van der Waals surface area contributed by atoms with Gasteiger partial charge in [-0.25, -0.2) is 4.79 Å². The number of hydrogen-bond donors (Lipinski definition) is 3. The summed E-state index contributed by atoms with van der Waals surface area (Å²) in [7, 11) is -1.81. The Hall–Kier alpha value is -3.29. The summed E-state index contributed by atoms with van der Waals surface area (Å²) < 4.78 is 10.8. The number of nitrogens with zero attached hydrogens (tertiary/aromatic N) is 2. The van der Waals surface area contributed by atoms with Crippen molar-refractivity contribution in [3.05, 3.63) is 47.7 Å². The van der Waals surface area contributed by atoms with Crippen molar-refractivity contribution >= 4 is 30.1 Å². The molecule has 33 heavy (non-hydrogen) atoms. The summed E-state index contributed by atoms with van der Waals surface area (Å²) in [5, 5.41) is 32.1. The van der Waals surface area contributed by atoms with Gasteiger partial charge in [0.05, 0.1) is 18.2 Å². The standard InChI is InChI=1S/C23H28BN3O6/c1-15(2)10-16(12-25)22(28)27-9-5-6-18(27)14-33-23(29)26-21(24(30)31)11-17-13-32-20-8-4-3-7-19(17)20/h3-4,7-8,10,13,15,18,21,30-31H,5-6,9,11,14H2,1-2H3,(H,26,29)/b16-10+/t18-,21+/m1/s1. The lowest BCUT2D eigenvalue weighted by molar-refractivity contribution is -0.128. The SMILES string of the molecule is CC(C)/C=C(\C#N)C(=O)N1CCC[C@@H]1COC(=O)N[C@@H](Cc1coc2ccccc12)B(O)O. The third-order valence-electron chi connectivity index (χ3n) is 5.56. The molecule has 0 spiro atoms. The number of ether oxygens (including phenoxy) is 1. The minimum atomic E-state index is -1.81. The van der Waals surface area contributed by atoms with Crippen LogP contribution in [-0.2, 0) is 16.0 Å². The molecule has 2 atom stereocenters. The Morgan fingerprint density at radius 3 is 2.85 bits per heavy atom. The third-order valence-corrected chi connectivity index (χ3v) is 5.56. The summed E-state index contributed by atoms with van der Waals surface area (Å²) in [6.45, 7) is 4.20. The van der Waals surface area contributed by atoms with Crippen molar-refractivity contribution in [3.8, 4) is 6.07 Å². The van der Waals surface area contributed by atoms with E-state index < -0.39 is 19.2 Å². The summed E-state index contributed by atoms with van der Waals surface area (Å²) in [4.78, 5) is 26.7. The van der Waals surface area contributed by atoms with Gasteiger partial charge < -0.3 is 29.4 Å². The number of para-hydroxylation sites is 1. The van der Waals surface area contributed by atoms with Crippen LogP contribution in [-0.4, -0.2) is 59.2 Å². The van der Waals surface area contributed by atoms with Gasteiger partial charge in [-0.15, -0.1) is 0 Å². The molecule has 0 bridgehead atoms. The van der Waals surface area contributed by atoms with Crippen LogP contribution < -0.4 is 5.32 Å². The lowest BCUT2D eigenvalue weighted by atomic mass is 9.76. The Balaban J connectivity index is 1.58. The number of alkyl carbamates (subject to hydrolysis) is 1. The number of nitriles is 1. The van der Waals surface area contributed by atoms with Crippen LogP contribution in [0.4, 0.5) is 4.79 Å². The molecular formula is C23H28BN3O6. The maximum absolute atomic E-state index is 12.7. The highest BCUT2D eigenvalue weighted by atomic mass is 16.5. The lowest BCUT2D eigenvalue weighted by Crippen LogP contribution is -2.49. The third kappa shape index (κ3) is 6.15. The second-order valence-electron chi connectivity index (χ2n) is 8.45. The van der Waals surface area contributed by atoms with Crippen LogP contribution >= 0.6 is 0 Å². The number of fused-ring (bicyclic) bond motifs is 1. The largest absolute Gasteiger partial charge is 0.475 e. The molecule has 9 nitrogen and oxygen atoms in total. The summed E-state index contributed by atoms with van der Waals surface area (Å²) >= 11 is 0. The van der Waals surface area contributed by atoms with E-state index in [-0.39, 0.29) is 36.5 Å². The molecule has 1 saturated heterocycles.